The normalized spacial score (nSPS) is 17.5. The molecule has 0 saturated carbocycles. The quantitative estimate of drug-likeness (QED) is 0.650. The minimum absolute atomic E-state index is 0.00613. The predicted octanol–water partition coefficient (Wildman–Crippen LogP) is 3.65. The van der Waals surface area contributed by atoms with Crippen LogP contribution in [-0.2, 0) is 6.42 Å². The van der Waals surface area contributed by atoms with Gasteiger partial charge in [-0.25, -0.2) is 0 Å². The van der Waals surface area contributed by atoms with Gasteiger partial charge in [0.05, 0.1) is 5.69 Å². The third-order valence-corrected chi connectivity index (χ3v) is 4.84. The number of hydrogen-bond acceptors (Lipinski definition) is 4. The van der Waals surface area contributed by atoms with Crippen molar-refractivity contribution in [3.63, 3.8) is 0 Å². The van der Waals surface area contributed by atoms with Crippen LogP contribution in [0.5, 0.6) is 11.5 Å². The summed E-state index contributed by atoms with van der Waals surface area (Å²) >= 11 is 0. The van der Waals surface area contributed by atoms with Gasteiger partial charge in [0.15, 0.2) is 0 Å². The average molecular weight is 326 g/mol. The van der Waals surface area contributed by atoms with Crippen LogP contribution in [0.4, 0.5) is 5.69 Å². The van der Waals surface area contributed by atoms with Crippen LogP contribution in [0.1, 0.15) is 25.3 Å². The summed E-state index contributed by atoms with van der Waals surface area (Å²) in [7, 11) is 0. The number of hydrogen-bond donors (Lipinski definition) is 2. The topological polar surface area (TPSA) is 58.7 Å². The maximum Gasteiger partial charge on any atom is 0.149 e. The molecule has 0 radical (unpaired) electrons. The molecule has 2 aromatic carbocycles. The monoisotopic (exact) mass is 326 g/mol. The Hall–Kier alpha value is -2.20. The van der Waals surface area contributed by atoms with Crippen LogP contribution < -0.4 is 10.5 Å². The van der Waals surface area contributed by atoms with E-state index in [1.54, 1.807) is 18.2 Å². The second kappa shape index (κ2) is 7.58. The molecule has 1 saturated heterocycles. The Morgan fingerprint density at radius 2 is 1.88 bits per heavy atom. The molecule has 3 rings (SSSR count). The number of likely N-dealkylation sites (tertiary alicyclic amines) is 1. The summed E-state index contributed by atoms with van der Waals surface area (Å²) in [6.07, 6.45) is 3.56. The lowest BCUT2D eigenvalue weighted by molar-refractivity contribution is 0.0151. The van der Waals surface area contributed by atoms with E-state index in [1.807, 2.05) is 0 Å². The van der Waals surface area contributed by atoms with E-state index >= 15 is 0 Å². The average Bonchev–Trinajstić information content (AvgIpc) is 2.60. The Bertz CT molecular complexity index is 652. The Kier molecular flexibility index (Phi) is 5.26. The van der Waals surface area contributed by atoms with Gasteiger partial charge in [-0.15, -0.1) is 0 Å². The second-order valence-corrected chi connectivity index (χ2v) is 6.61. The molecule has 4 heteroatoms. The minimum atomic E-state index is 0.00613. The lowest BCUT2D eigenvalue weighted by Crippen LogP contribution is -2.43. The van der Waals surface area contributed by atoms with Crippen molar-refractivity contribution in [1.82, 2.24) is 4.90 Å². The molecule has 2 aromatic rings. The highest BCUT2D eigenvalue weighted by molar-refractivity contribution is 5.55. The third kappa shape index (κ3) is 4.20. The number of anilines is 1. The second-order valence-electron chi connectivity index (χ2n) is 6.61. The standard InChI is InChI=1S/C20H26N2O2/c1-15(24-18-7-8-20(23)19(21)14-18)22-11-9-17(10-12-22)13-16-5-3-2-4-6-16/h2-8,14-15,17,23H,9-13,21H2,1H3. The van der Waals surface area contributed by atoms with Gasteiger partial charge in [0, 0.05) is 19.2 Å². The SMILES string of the molecule is CC(Oc1ccc(O)c(N)c1)N1CCC(Cc2ccccc2)CC1. The molecule has 1 unspecified atom stereocenters. The van der Waals surface area contributed by atoms with Crippen LogP contribution in [-0.4, -0.2) is 29.3 Å². The molecular weight excluding hydrogens is 300 g/mol. The van der Waals surface area contributed by atoms with Crippen molar-refractivity contribution in [1.29, 1.82) is 0 Å². The minimum Gasteiger partial charge on any atom is -0.506 e. The molecule has 1 heterocycles. The number of nitrogens with zero attached hydrogens (tertiary/aromatic N) is 1. The Labute approximate surface area is 143 Å². The number of rotatable bonds is 5. The van der Waals surface area contributed by atoms with Crippen LogP contribution in [0.2, 0.25) is 0 Å². The Morgan fingerprint density at radius 1 is 1.17 bits per heavy atom. The van der Waals surface area contributed by atoms with Gasteiger partial charge in [-0.3, -0.25) is 4.90 Å². The summed E-state index contributed by atoms with van der Waals surface area (Å²) in [5.74, 6) is 1.54. The molecule has 3 N–H and O–H groups in total. The molecule has 0 bridgehead atoms. The van der Waals surface area contributed by atoms with Crippen molar-refractivity contribution in [2.45, 2.75) is 32.4 Å². The molecule has 0 aromatic heterocycles. The smallest absolute Gasteiger partial charge is 0.149 e. The zero-order valence-corrected chi connectivity index (χ0v) is 14.2. The molecule has 128 valence electrons. The van der Waals surface area contributed by atoms with Crippen LogP contribution in [0, 0.1) is 5.92 Å². The third-order valence-electron chi connectivity index (χ3n) is 4.84. The highest BCUT2D eigenvalue weighted by Crippen LogP contribution is 2.27. The van der Waals surface area contributed by atoms with E-state index < -0.39 is 0 Å². The molecule has 4 nitrogen and oxygen atoms in total. The number of benzene rings is 2. The molecule has 1 fully saturated rings. The van der Waals surface area contributed by atoms with E-state index in [-0.39, 0.29) is 12.0 Å². The van der Waals surface area contributed by atoms with E-state index in [2.05, 4.69) is 42.2 Å². The highest BCUT2D eigenvalue weighted by atomic mass is 16.5. The van der Waals surface area contributed by atoms with E-state index in [9.17, 15) is 5.11 Å². The van der Waals surface area contributed by atoms with E-state index in [1.165, 1.54) is 24.8 Å². The van der Waals surface area contributed by atoms with Gasteiger partial charge in [0.1, 0.15) is 17.7 Å². The number of ether oxygens (including phenoxy) is 1. The fourth-order valence-corrected chi connectivity index (χ4v) is 3.35. The van der Waals surface area contributed by atoms with Gasteiger partial charge in [-0.05, 0) is 49.8 Å². The van der Waals surface area contributed by atoms with Crippen molar-refractivity contribution in [2.75, 3.05) is 18.8 Å². The van der Waals surface area contributed by atoms with Crippen molar-refractivity contribution >= 4 is 5.69 Å². The first-order valence-electron chi connectivity index (χ1n) is 8.65. The van der Waals surface area contributed by atoms with Crippen LogP contribution in [0.15, 0.2) is 48.5 Å². The van der Waals surface area contributed by atoms with Crippen LogP contribution >= 0.6 is 0 Å². The number of nitrogens with two attached hydrogens (primary N) is 1. The Morgan fingerprint density at radius 3 is 2.54 bits per heavy atom. The summed E-state index contributed by atoms with van der Waals surface area (Å²) < 4.78 is 5.98. The first-order valence-corrected chi connectivity index (χ1v) is 8.65. The number of nitrogen functional groups attached to an aromatic ring is 1. The van der Waals surface area contributed by atoms with E-state index in [0.29, 0.717) is 11.4 Å². The summed E-state index contributed by atoms with van der Waals surface area (Å²) in [5.41, 5.74) is 7.50. The first kappa shape index (κ1) is 16.7. The van der Waals surface area contributed by atoms with Crippen molar-refractivity contribution < 1.29 is 9.84 Å². The number of aromatic hydroxyl groups is 1. The van der Waals surface area contributed by atoms with Gasteiger partial charge in [0.25, 0.3) is 0 Å². The maximum atomic E-state index is 9.49. The number of phenolic OH excluding ortho intramolecular Hbond substituents is 1. The van der Waals surface area contributed by atoms with Gasteiger partial charge < -0.3 is 15.6 Å². The molecule has 1 aliphatic heterocycles. The van der Waals surface area contributed by atoms with Crippen molar-refractivity contribution in [3.05, 3.63) is 54.1 Å². The van der Waals surface area contributed by atoms with E-state index in [0.717, 1.165) is 19.0 Å². The summed E-state index contributed by atoms with van der Waals surface area (Å²) in [6.45, 7) is 4.17. The van der Waals surface area contributed by atoms with Crippen LogP contribution in [0.3, 0.4) is 0 Å². The maximum absolute atomic E-state index is 9.49. The number of piperidine rings is 1. The zero-order valence-electron chi connectivity index (χ0n) is 14.2. The van der Waals surface area contributed by atoms with E-state index in [4.69, 9.17) is 10.5 Å². The number of phenols is 1. The predicted molar refractivity (Wildman–Crippen MR) is 97.1 cm³/mol. The fourth-order valence-electron chi connectivity index (χ4n) is 3.35. The van der Waals surface area contributed by atoms with Crippen molar-refractivity contribution in [3.8, 4) is 11.5 Å². The largest absolute Gasteiger partial charge is 0.506 e. The molecule has 1 aliphatic rings. The van der Waals surface area contributed by atoms with Gasteiger partial charge in [0.2, 0.25) is 0 Å². The fraction of sp³-hybridized carbons (Fsp3) is 0.400. The lowest BCUT2D eigenvalue weighted by atomic mass is 9.90. The molecular formula is C20H26N2O2. The zero-order chi connectivity index (χ0) is 16.9. The Balaban J connectivity index is 1.49. The van der Waals surface area contributed by atoms with Crippen molar-refractivity contribution in [2.24, 2.45) is 5.92 Å². The molecule has 1 atom stereocenters. The first-order chi connectivity index (χ1) is 11.6. The summed E-state index contributed by atoms with van der Waals surface area (Å²) in [5, 5.41) is 9.49. The molecule has 24 heavy (non-hydrogen) atoms. The molecule has 0 aliphatic carbocycles. The van der Waals surface area contributed by atoms with Gasteiger partial charge in [-0.2, -0.15) is 0 Å². The molecule has 0 spiro atoms. The summed E-state index contributed by atoms with van der Waals surface area (Å²) in [4.78, 5) is 2.37. The summed E-state index contributed by atoms with van der Waals surface area (Å²) in [6, 6.07) is 15.7. The highest BCUT2D eigenvalue weighted by Gasteiger charge is 2.23. The molecule has 0 amide bonds. The van der Waals surface area contributed by atoms with Crippen LogP contribution in [0.25, 0.3) is 0 Å². The van der Waals surface area contributed by atoms with Gasteiger partial charge >= 0.3 is 0 Å². The van der Waals surface area contributed by atoms with Gasteiger partial charge in [-0.1, -0.05) is 30.3 Å². The lowest BCUT2D eigenvalue weighted by Gasteiger charge is -2.36.